The summed E-state index contributed by atoms with van der Waals surface area (Å²) < 4.78 is 25.2. The van der Waals surface area contributed by atoms with E-state index in [0.29, 0.717) is 6.54 Å². The summed E-state index contributed by atoms with van der Waals surface area (Å²) in [6.07, 6.45) is 4.93. The molecular weight excluding hydrogens is 300 g/mol. The van der Waals surface area contributed by atoms with Crippen LogP contribution in [0.2, 0.25) is 0 Å². The minimum absolute atomic E-state index is 0.0280. The first kappa shape index (κ1) is 17.0. The molecule has 6 heteroatoms. The van der Waals surface area contributed by atoms with Gasteiger partial charge in [0, 0.05) is 12.6 Å². The zero-order chi connectivity index (χ0) is 16.2. The molecule has 22 heavy (non-hydrogen) atoms. The zero-order valence-corrected chi connectivity index (χ0v) is 14.0. The highest BCUT2D eigenvalue weighted by Gasteiger charge is 2.30. The summed E-state index contributed by atoms with van der Waals surface area (Å²) in [6.45, 7) is 2.33. The number of carbonyl (C=O) groups is 1. The Bertz CT molecular complexity index is 622. The summed E-state index contributed by atoms with van der Waals surface area (Å²) in [5.41, 5.74) is 2.15. The molecule has 0 unspecified atom stereocenters. The van der Waals surface area contributed by atoms with Crippen molar-refractivity contribution in [1.82, 2.24) is 9.62 Å². The van der Waals surface area contributed by atoms with E-state index in [-0.39, 0.29) is 18.5 Å². The Labute approximate surface area is 132 Å². The van der Waals surface area contributed by atoms with Gasteiger partial charge in [-0.3, -0.25) is 4.79 Å². The molecule has 122 valence electrons. The van der Waals surface area contributed by atoms with Gasteiger partial charge in [-0.15, -0.1) is 0 Å². The predicted octanol–water partition coefficient (Wildman–Crippen LogP) is 1.82. The molecule has 0 aliphatic heterocycles. The molecule has 1 amide bonds. The summed E-state index contributed by atoms with van der Waals surface area (Å²) in [5, 5.41) is 2.81. The number of nitrogens with zero attached hydrogens (tertiary/aromatic N) is 1. The van der Waals surface area contributed by atoms with Crippen molar-refractivity contribution in [2.45, 2.75) is 45.2 Å². The van der Waals surface area contributed by atoms with E-state index in [0.717, 1.165) is 36.8 Å². The van der Waals surface area contributed by atoms with Crippen molar-refractivity contribution < 1.29 is 13.2 Å². The lowest BCUT2D eigenvalue weighted by Gasteiger charge is -2.25. The van der Waals surface area contributed by atoms with Gasteiger partial charge < -0.3 is 5.32 Å². The average molecular weight is 324 g/mol. The van der Waals surface area contributed by atoms with E-state index in [1.165, 1.54) is 10.6 Å². The fraction of sp³-hybridized carbons (Fsp3) is 0.562. The Morgan fingerprint density at radius 3 is 2.59 bits per heavy atom. The first-order valence-corrected chi connectivity index (χ1v) is 9.50. The number of hydrogen-bond acceptors (Lipinski definition) is 3. The number of sulfonamides is 1. The van der Waals surface area contributed by atoms with Crippen LogP contribution in [0.25, 0.3) is 0 Å². The van der Waals surface area contributed by atoms with Gasteiger partial charge in [-0.05, 0) is 25.3 Å². The van der Waals surface area contributed by atoms with Gasteiger partial charge in [0.05, 0.1) is 12.8 Å². The number of aryl methyl sites for hydroxylation is 1. The Kier molecular flexibility index (Phi) is 5.58. The molecule has 0 radical (unpaired) electrons. The van der Waals surface area contributed by atoms with Crippen LogP contribution in [0.1, 0.15) is 36.8 Å². The Hall–Kier alpha value is -1.40. The van der Waals surface area contributed by atoms with Crippen LogP contribution in [-0.2, 0) is 21.4 Å². The van der Waals surface area contributed by atoms with E-state index in [9.17, 15) is 13.2 Å². The minimum Gasteiger partial charge on any atom is -0.351 e. The van der Waals surface area contributed by atoms with Gasteiger partial charge in [0.2, 0.25) is 15.9 Å². The molecule has 1 saturated carbocycles. The maximum absolute atomic E-state index is 12.1. The summed E-state index contributed by atoms with van der Waals surface area (Å²) in [7, 11) is -3.36. The first-order valence-electron chi connectivity index (χ1n) is 7.65. The van der Waals surface area contributed by atoms with Crippen molar-refractivity contribution in [2.75, 3.05) is 12.8 Å². The van der Waals surface area contributed by atoms with Crippen LogP contribution in [0.5, 0.6) is 0 Å². The number of hydrogen-bond donors (Lipinski definition) is 1. The second-order valence-electron chi connectivity index (χ2n) is 6.01. The summed E-state index contributed by atoms with van der Waals surface area (Å²) in [5.74, 6) is -0.251. The molecule has 0 heterocycles. The third kappa shape index (κ3) is 4.81. The first-order chi connectivity index (χ1) is 10.4. The van der Waals surface area contributed by atoms with Gasteiger partial charge in [-0.2, -0.15) is 4.31 Å². The smallest absolute Gasteiger partial charge is 0.235 e. The number of nitrogens with one attached hydrogen (secondary N) is 1. The maximum Gasteiger partial charge on any atom is 0.235 e. The Morgan fingerprint density at radius 1 is 1.32 bits per heavy atom. The lowest BCUT2D eigenvalue weighted by Crippen LogP contribution is -2.44. The molecule has 1 N–H and O–H groups in total. The number of amides is 1. The van der Waals surface area contributed by atoms with E-state index in [1.54, 1.807) is 0 Å². The molecule has 0 saturated heterocycles. The van der Waals surface area contributed by atoms with Crippen LogP contribution in [0.15, 0.2) is 24.3 Å². The predicted molar refractivity (Wildman–Crippen MR) is 86.8 cm³/mol. The molecule has 1 aromatic carbocycles. The fourth-order valence-corrected chi connectivity index (χ4v) is 4.03. The minimum atomic E-state index is -3.36. The highest BCUT2D eigenvalue weighted by molar-refractivity contribution is 7.88. The van der Waals surface area contributed by atoms with Crippen LogP contribution in [0, 0.1) is 6.92 Å². The number of carbonyl (C=O) groups excluding carboxylic acids is 1. The second-order valence-corrected chi connectivity index (χ2v) is 7.95. The van der Waals surface area contributed by atoms with Crippen molar-refractivity contribution in [1.29, 1.82) is 0 Å². The van der Waals surface area contributed by atoms with Gasteiger partial charge in [0.15, 0.2) is 0 Å². The molecule has 0 spiro atoms. The zero-order valence-electron chi connectivity index (χ0n) is 13.2. The second kappa shape index (κ2) is 7.24. The fourth-order valence-electron chi connectivity index (χ4n) is 2.93. The highest BCUT2D eigenvalue weighted by atomic mass is 32.2. The van der Waals surface area contributed by atoms with E-state index in [2.05, 4.69) is 5.32 Å². The quantitative estimate of drug-likeness (QED) is 0.868. The molecule has 1 fully saturated rings. The van der Waals surface area contributed by atoms with Crippen LogP contribution in [0.4, 0.5) is 0 Å². The third-order valence-corrected chi connectivity index (χ3v) is 5.31. The SMILES string of the molecule is Cc1cccc(CNC(=O)CN(C2CCCC2)S(C)(=O)=O)c1. The van der Waals surface area contributed by atoms with Gasteiger partial charge in [0.25, 0.3) is 0 Å². The molecule has 0 atom stereocenters. The van der Waals surface area contributed by atoms with Crippen LogP contribution in [-0.4, -0.2) is 37.5 Å². The van der Waals surface area contributed by atoms with Crippen molar-refractivity contribution >= 4 is 15.9 Å². The largest absolute Gasteiger partial charge is 0.351 e. The Morgan fingerprint density at radius 2 is 2.00 bits per heavy atom. The monoisotopic (exact) mass is 324 g/mol. The van der Waals surface area contributed by atoms with E-state index in [4.69, 9.17) is 0 Å². The molecule has 1 aliphatic rings. The maximum atomic E-state index is 12.1. The molecule has 0 bridgehead atoms. The van der Waals surface area contributed by atoms with E-state index >= 15 is 0 Å². The molecule has 0 aromatic heterocycles. The standard InChI is InChI=1S/C16H24N2O3S/c1-13-6-5-7-14(10-13)11-17-16(19)12-18(22(2,20)21)15-8-3-4-9-15/h5-7,10,15H,3-4,8-9,11-12H2,1-2H3,(H,17,19). The van der Waals surface area contributed by atoms with Crippen molar-refractivity contribution in [3.63, 3.8) is 0 Å². The average Bonchev–Trinajstić information content (AvgIpc) is 2.95. The van der Waals surface area contributed by atoms with Crippen LogP contribution in [0.3, 0.4) is 0 Å². The molecular formula is C16H24N2O3S. The van der Waals surface area contributed by atoms with Crippen molar-refractivity contribution in [3.8, 4) is 0 Å². The molecule has 2 rings (SSSR count). The van der Waals surface area contributed by atoms with E-state index < -0.39 is 10.0 Å². The number of rotatable bonds is 6. The van der Waals surface area contributed by atoms with Gasteiger partial charge in [0.1, 0.15) is 0 Å². The van der Waals surface area contributed by atoms with Crippen molar-refractivity contribution in [3.05, 3.63) is 35.4 Å². The summed E-state index contributed by atoms with van der Waals surface area (Å²) in [6, 6.07) is 7.86. The summed E-state index contributed by atoms with van der Waals surface area (Å²) >= 11 is 0. The lowest BCUT2D eigenvalue weighted by atomic mass is 10.1. The topological polar surface area (TPSA) is 66.5 Å². The molecule has 1 aliphatic carbocycles. The summed E-state index contributed by atoms with van der Waals surface area (Å²) in [4.78, 5) is 12.1. The van der Waals surface area contributed by atoms with E-state index in [1.807, 2.05) is 31.2 Å². The van der Waals surface area contributed by atoms with Gasteiger partial charge >= 0.3 is 0 Å². The Balaban J connectivity index is 1.93. The molecule has 1 aromatic rings. The number of benzene rings is 1. The lowest BCUT2D eigenvalue weighted by molar-refractivity contribution is -0.121. The normalized spacial score (nSPS) is 16.1. The highest BCUT2D eigenvalue weighted by Crippen LogP contribution is 2.25. The van der Waals surface area contributed by atoms with Gasteiger partial charge in [-0.1, -0.05) is 42.7 Å². The molecule has 5 nitrogen and oxygen atoms in total. The van der Waals surface area contributed by atoms with Gasteiger partial charge in [-0.25, -0.2) is 8.42 Å². The van der Waals surface area contributed by atoms with Crippen LogP contribution >= 0.6 is 0 Å². The van der Waals surface area contributed by atoms with Crippen molar-refractivity contribution in [2.24, 2.45) is 0 Å². The van der Waals surface area contributed by atoms with Crippen LogP contribution < -0.4 is 5.32 Å². The third-order valence-electron chi connectivity index (χ3n) is 4.03.